The summed E-state index contributed by atoms with van der Waals surface area (Å²) in [6.07, 6.45) is 94.3. The van der Waals surface area contributed by atoms with Gasteiger partial charge in [-0.15, -0.1) is 0 Å². The fourth-order valence-corrected chi connectivity index (χ4v) is 10.8. The zero-order valence-corrected chi connectivity index (χ0v) is 55.5. The van der Waals surface area contributed by atoms with Crippen LogP contribution in [0.1, 0.15) is 380 Å². The summed E-state index contributed by atoms with van der Waals surface area (Å²) >= 11 is 0. The molecule has 0 saturated carbocycles. The minimum Gasteiger partial charge on any atom is -0.462 e. The van der Waals surface area contributed by atoms with Crippen LogP contribution in [0.5, 0.6) is 0 Å². The van der Waals surface area contributed by atoms with E-state index in [1.54, 1.807) is 0 Å². The lowest BCUT2D eigenvalue weighted by molar-refractivity contribution is -0.167. The highest BCUT2D eigenvalue weighted by Crippen LogP contribution is 2.19. The molecular formula is C77H138O6. The van der Waals surface area contributed by atoms with E-state index < -0.39 is 6.10 Å². The Hall–Kier alpha value is -3.15. The highest BCUT2D eigenvalue weighted by Gasteiger charge is 2.19. The smallest absolute Gasteiger partial charge is 0.306 e. The van der Waals surface area contributed by atoms with E-state index in [-0.39, 0.29) is 31.1 Å². The number of hydrogen-bond acceptors (Lipinski definition) is 6. The van der Waals surface area contributed by atoms with E-state index in [4.69, 9.17) is 14.2 Å². The minimum absolute atomic E-state index is 0.0720. The van der Waals surface area contributed by atoms with Crippen LogP contribution in [0.3, 0.4) is 0 Å². The SMILES string of the molecule is CC/C=C\C/C=C\C/C=C\C/C=C\C/C=C\C/C=C\CCCCCCCCCCCCCCC(=O)OCC(COC(=O)CCCCCCC)OC(=O)CCCCCCCCCCCCCCCCCCCCCCCCCCCCCCC. The molecule has 1 atom stereocenters. The van der Waals surface area contributed by atoms with Crippen molar-refractivity contribution in [3.8, 4) is 0 Å². The third-order valence-corrected chi connectivity index (χ3v) is 16.2. The normalized spacial score (nSPS) is 12.5. The van der Waals surface area contributed by atoms with Crippen LogP contribution in [0, 0.1) is 0 Å². The van der Waals surface area contributed by atoms with Crippen molar-refractivity contribution in [3.05, 3.63) is 72.9 Å². The molecular weight excluding hydrogens is 1020 g/mol. The van der Waals surface area contributed by atoms with Crippen LogP contribution >= 0.6 is 0 Å². The maximum Gasteiger partial charge on any atom is 0.306 e. The van der Waals surface area contributed by atoms with Crippen LogP contribution in [0.4, 0.5) is 0 Å². The van der Waals surface area contributed by atoms with Gasteiger partial charge in [-0.2, -0.15) is 0 Å². The lowest BCUT2D eigenvalue weighted by atomic mass is 10.0. The third-order valence-electron chi connectivity index (χ3n) is 16.2. The minimum atomic E-state index is -0.771. The van der Waals surface area contributed by atoms with Crippen molar-refractivity contribution in [1.29, 1.82) is 0 Å². The molecule has 0 fully saturated rings. The molecule has 0 aliphatic rings. The second-order valence-corrected chi connectivity index (χ2v) is 24.5. The van der Waals surface area contributed by atoms with E-state index in [2.05, 4.69) is 93.7 Å². The van der Waals surface area contributed by atoms with Crippen LogP contribution in [-0.4, -0.2) is 37.2 Å². The number of allylic oxidation sites excluding steroid dienone is 12. The Bertz CT molecular complexity index is 1520. The maximum absolute atomic E-state index is 12.9. The van der Waals surface area contributed by atoms with Crippen molar-refractivity contribution in [2.45, 2.75) is 386 Å². The zero-order valence-electron chi connectivity index (χ0n) is 55.5. The monoisotopic (exact) mass is 1160 g/mol. The molecule has 0 N–H and O–H groups in total. The Kier molecular flexibility index (Phi) is 68.6. The highest BCUT2D eigenvalue weighted by atomic mass is 16.6. The Balaban J connectivity index is 3.94. The summed E-state index contributed by atoms with van der Waals surface area (Å²) in [5, 5.41) is 0. The van der Waals surface area contributed by atoms with Crippen LogP contribution in [-0.2, 0) is 28.6 Å². The summed E-state index contributed by atoms with van der Waals surface area (Å²) < 4.78 is 16.8. The Morgan fingerprint density at radius 3 is 0.735 bits per heavy atom. The van der Waals surface area contributed by atoms with Gasteiger partial charge in [-0.25, -0.2) is 0 Å². The zero-order chi connectivity index (χ0) is 59.9. The molecule has 0 heterocycles. The third kappa shape index (κ3) is 69.5. The number of esters is 3. The second-order valence-electron chi connectivity index (χ2n) is 24.5. The number of carbonyl (C=O) groups is 3. The van der Waals surface area contributed by atoms with Crippen LogP contribution < -0.4 is 0 Å². The van der Waals surface area contributed by atoms with E-state index in [1.165, 1.54) is 238 Å². The average molecular weight is 1160 g/mol. The van der Waals surface area contributed by atoms with Crippen LogP contribution in [0.25, 0.3) is 0 Å². The summed E-state index contributed by atoms with van der Waals surface area (Å²) in [4.78, 5) is 38.1. The second kappa shape index (κ2) is 71.3. The van der Waals surface area contributed by atoms with Gasteiger partial charge in [-0.1, -0.05) is 363 Å². The first-order valence-electron chi connectivity index (χ1n) is 36.4. The number of unbranched alkanes of at least 4 members (excludes halogenated alkanes) is 44. The first-order chi connectivity index (χ1) is 41.0. The molecule has 6 nitrogen and oxygen atoms in total. The van der Waals surface area contributed by atoms with Crippen molar-refractivity contribution in [2.75, 3.05) is 13.2 Å². The van der Waals surface area contributed by atoms with Crippen molar-refractivity contribution >= 4 is 17.9 Å². The number of carbonyl (C=O) groups excluding carboxylic acids is 3. The topological polar surface area (TPSA) is 78.9 Å². The molecule has 83 heavy (non-hydrogen) atoms. The van der Waals surface area contributed by atoms with Gasteiger partial charge in [-0.3, -0.25) is 14.4 Å². The molecule has 0 rings (SSSR count). The first kappa shape index (κ1) is 79.8. The average Bonchev–Trinajstić information content (AvgIpc) is 3.49. The van der Waals surface area contributed by atoms with Gasteiger partial charge in [0.1, 0.15) is 13.2 Å². The summed E-state index contributed by atoms with van der Waals surface area (Å²) in [7, 11) is 0. The molecule has 0 aromatic carbocycles. The van der Waals surface area contributed by atoms with Gasteiger partial charge in [0, 0.05) is 19.3 Å². The molecule has 482 valence electrons. The predicted molar refractivity (Wildman–Crippen MR) is 362 cm³/mol. The standard InChI is InChI=1S/C77H138O6/c1-4-7-10-13-15-17-19-21-23-25-27-29-31-33-35-37-38-40-41-43-45-47-49-51-53-55-57-59-61-64-67-70-76(79)82-73-74(72-81-75(78)69-66-63-12-9-6-3)83-77(80)71-68-65-62-60-58-56-54-52-50-48-46-44-42-39-36-34-32-30-28-26-24-22-20-18-16-14-11-8-5-2/h7,10,15,17,21,23,27,29,33,35,38,40,74H,4-6,8-9,11-14,16,18-20,22,24-26,28,30-32,34,36-37,39,41-73H2,1-3H3/b10-7-,17-15-,23-21-,29-27-,35-33-,40-38-. The van der Waals surface area contributed by atoms with Gasteiger partial charge in [0.05, 0.1) is 0 Å². The molecule has 0 aromatic rings. The molecule has 1 unspecified atom stereocenters. The molecule has 0 spiro atoms. The quantitative estimate of drug-likeness (QED) is 0.0261. The van der Waals surface area contributed by atoms with Gasteiger partial charge in [0.25, 0.3) is 0 Å². The van der Waals surface area contributed by atoms with E-state index in [0.717, 1.165) is 103 Å². The van der Waals surface area contributed by atoms with Crippen LogP contribution in [0.15, 0.2) is 72.9 Å². The van der Waals surface area contributed by atoms with Crippen molar-refractivity contribution in [3.63, 3.8) is 0 Å². The lowest BCUT2D eigenvalue weighted by Gasteiger charge is -2.18. The molecule has 0 saturated heterocycles. The van der Waals surface area contributed by atoms with E-state index in [0.29, 0.717) is 19.3 Å². The first-order valence-corrected chi connectivity index (χ1v) is 36.4. The molecule has 0 radical (unpaired) electrons. The van der Waals surface area contributed by atoms with Crippen molar-refractivity contribution in [2.24, 2.45) is 0 Å². The van der Waals surface area contributed by atoms with Crippen molar-refractivity contribution in [1.82, 2.24) is 0 Å². The van der Waals surface area contributed by atoms with Gasteiger partial charge in [0.15, 0.2) is 6.10 Å². The Morgan fingerprint density at radius 1 is 0.253 bits per heavy atom. The molecule has 6 heteroatoms. The van der Waals surface area contributed by atoms with E-state index >= 15 is 0 Å². The maximum atomic E-state index is 12.9. The van der Waals surface area contributed by atoms with E-state index in [9.17, 15) is 14.4 Å². The molecule has 0 aromatic heterocycles. The molecule has 0 aliphatic heterocycles. The molecule has 0 aliphatic carbocycles. The molecule has 0 amide bonds. The lowest BCUT2D eigenvalue weighted by Crippen LogP contribution is -2.30. The Morgan fingerprint density at radius 2 is 0.470 bits per heavy atom. The molecule has 0 bridgehead atoms. The van der Waals surface area contributed by atoms with Gasteiger partial charge in [-0.05, 0) is 70.6 Å². The van der Waals surface area contributed by atoms with Crippen molar-refractivity contribution < 1.29 is 28.6 Å². The van der Waals surface area contributed by atoms with Gasteiger partial charge >= 0.3 is 17.9 Å². The van der Waals surface area contributed by atoms with Gasteiger partial charge in [0.2, 0.25) is 0 Å². The largest absolute Gasteiger partial charge is 0.462 e. The van der Waals surface area contributed by atoms with Gasteiger partial charge < -0.3 is 14.2 Å². The predicted octanol–water partition coefficient (Wildman–Crippen LogP) is 25.2. The number of rotatable bonds is 67. The fourth-order valence-electron chi connectivity index (χ4n) is 10.8. The van der Waals surface area contributed by atoms with Crippen LogP contribution in [0.2, 0.25) is 0 Å². The fraction of sp³-hybridized carbons (Fsp3) is 0.805. The summed E-state index contributed by atoms with van der Waals surface area (Å²) in [5.41, 5.74) is 0. The number of hydrogen-bond donors (Lipinski definition) is 0. The summed E-state index contributed by atoms with van der Waals surface area (Å²) in [5.74, 6) is -0.867. The Labute approximate surface area is 516 Å². The summed E-state index contributed by atoms with van der Waals surface area (Å²) in [6.45, 7) is 6.50. The highest BCUT2D eigenvalue weighted by molar-refractivity contribution is 5.71. The van der Waals surface area contributed by atoms with E-state index in [1.807, 2.05) is 0 Å². The number of ether oxygens (including phenoxy) is 3. The summed E-state index contributed by atoms with van der Waals surface area (Å²) in [6, 6.07) is 0.